The van der Waals surface area contributed by atoms with E-state index in [4.69, 9.17) is 8.83 Å². The Morgan fingerprint density at radius 3 is 1.58 bits per heavy atom. The number of hydrogen-bond acceptors (Lipinski definition) is 8. The zero-order valence-electron chi connectivity index (χ0n) is 28.6. The molecule has 2 heterocycles. The van der Waals surface area contributed by atoms with Crippen molar-refractivity contribution in [2.24, 2.45) is 0 Å². The molecule has 0 saturated carbocycles. The van der Waals surface area contributed by atoms with E-state index in [9.17, 15) is 16.8 Å². The summed E-state index contributed by atoms with van der Waals surface area (Å²) in [4.78, 5) is 4.37. The highest BCUT2D eigenvalue weighted by atomic mass is 32.2. The maximum atomic E-state index is 12.7. The number of fused-ring (bicyclic) bond motifs is 6. The number of likely N-dealkylation sites (N-methyl/N-ethyl adjacent to an activating group) is 2. The van der Waals surface area contributed by atoms with E-state index in [1.807, 2.05) is 76.8 Å². The minimum Gasteiger partial charge on any atom is -0.456 e. The molecule has 0 unspecified atom stereocenters. The highest BCUT2D eigenvalue weighted by Crippen LogP contribution is 2.20. The van der Waals surface area contributed by atoms with Crippen molar-refractivity contribution in [1.82, 2.24) is 19.2 Å². The summed E-state index contributed by atoms with van der Waals surface area (Å²) >= 11 is 0. The highest BCUT2D eigenvalue weighted by molar-refractivity contribution is 7.89. The van der Waals surface area contributed by atoms with Gasteiger partial charge in [0.1, 0.15) is 21.7 Å². The number of rotatable bonds is 8. The lowest BCUT2D eigenvalue weighted by molar-refractivity contribution is 0.480. The first-order chi connectivity index (χ1) is 23.8. The van der Waals surface area contributed by atoms with Gasteiger partial charge >= 0.3 is 0 Å². The Morgan fingerprint density at radius 2 is 1.12 bits per heavy atom. The summed E-state index contributed by atoms with van der Waals surface area (Å²) in [7, 11) is 1.07. The van der Waals surface area contributed by atoms with Gasteiger partial charge in [-0.3, -0.25) is 9.44 Å². The van der Waals surface area contributed by atoms with Crippen molar-refractivity contribution in [2.75, 3.05) is 33.9 Å². The van der Waals surface area contributed by atoms with Crippen molar-refractivity contribution in [3.63, 3.8) is 0 Å². The molecule has 50 heavy (non-hydrogen) atoms. The molecule has 7 rings (SSSR count). The predicted octanol–water partition coefficient (Wildman–Crippen LogP) is 2.42. The van der Waals surface area contributed by atoms with Gasteiger partial charge in [0.15, 0.2) is 0 Å². The fourth-order valence-electron chi connectivity index (χ4n) is 5.75. The van der Waals surface area contributed by atoms with E-state index in [1.54, 1.807) is 61.6 Å². The zero-order valence-corrected chi connectivity index (χ0v) is 30.2. The summed E-state index contributed by atoms with van der Waals surface area (Å²) in [6, 6.07) is 8.34. The van der Waals surface area contributed by atoms with Crippen molar-refractivity contribution in [2.45, 2.75) is 24.7 Å². The molecule has 0 aliphatic heterocycles. The summed E-state index contributed by atoms with van der Waals surface area (Å²) in [6.07, 6.45) is 24.0. The van der Waals surface area contributed by atoms with Crippen LogP contribution in [0.1, 0.15) is 29.2 Å². The molecule has 2 aromatic heterocycles. The summed E-state index contributed by atoms with van der Waals surface area (Å²) in [6.45, 7) is 1.61. The molecule has 0 radical (unpaired) electrons. The summed E-state index contributed by atoms with van der Waals surface area (Å²) in [5.41, 5.74) is 10.5. The normalized spacial score (nSPS) is 15.7. The largest absolute Gasteiger partial charge is 0.456 e. The van der Waals surface area contributed by atoms with Crippen LogP contribution >= 0.6 is 0 Å². The fourth-order valence-corrected chi connectivity index (χ4v) is 7.45. The molecule has 0 fully saturated rings. The first kappa shape index (κ1) is 34.7. The van der Waals surface area contributed by atoms with Gasteiger partial charge in [-0.05, 0) is 79.8 Å². The summed E-state index contributed by atoms with van der Waals surface area (Å²) in [5.74, 6) is 0.0412. The van der Waals surface area contributed by atoms with Crippen LogP contribution in [-0.4, -0.2) is 60.6 Å². The second-order valence-corrected chi connectivity index (χ2v) is 16.1. The number of sulfonamides is 2. The van der Waals surface area contributed by atoms with E-state index in [0.717, 1.165) is 56.8 Å². The van der Waals surface area contributed by atoms with E-state index in [1.165, 1.54) is 11.4 Å². The molecule has 3 aromatic rings. The van der Waals surface area contributed by atoms with Gasteiger partial charge in [0.05, 0.1) is 10.6 Å². The molecule has 12 heteroatoms. The quantitative estimate of drug-likeness (QED) is 0.365. The Morgan fingerprint density at radius 1 is 0.640 bits per heavy atom. The topological polar surface area (TPSA) is 125 Å². The van der Waals surface area contributed by atoms with Gasteiger partial charge in [0.2, 0.25) is 10.0 Å². The molecule has 0 atom stereocenters. The van der Waals surface area contributed by atoms with Crippen molar-refractivity contribution in [3.8, 4) is 0 Å². The number of benzene rings is 1. The molecule has 0 bridgehead atoms. The third kappa shape index (κ3) is 7.51. The average Bonchev–Trinajstić information content (AvgIpc) is 3.43. The number of hydrogen-bond donors (Lipinski definition) is 2. The Balaban J connectivity index is 0.000000175. The van der Waals surface area contributed by atoms with Gasteiger partial charge < -0.3 is 18.6 Å². The molecule has 4 aliphatic rings. The van der Waals surface area contributed by atoms with E-state index >= 15 is 0 Å². The van der Waals surface area contributed by atoms with Crippen molar-refractivity contribution in [3.05, 3.63) is 133 Å². The van der Waals surface area contributed by atoms with Crippen LogP contribution in [0.15, 0.2) is 103 Å². The number of nitrogens with one attached hydrogen (secondary N) is 2. The van der Waals surface area contributed by atoms with E-state index in [2.05, 4.69) is 19.2 Å². The summed E-state index contributed by atoms with van der Waals surface area (Å²) < 4.78 is 66.1. The number of allylic oxidation sites excluding steroid dienone is 8. The molecule has 0 saturated heterocycles. The van der Waals surface area contributed by atoms with Gasteiger partial charge in [0.25, 0.3) is 10.0 Å². The standard InChI is InChI=1S/C21H20N2O3S.C17H20N2O3S/c1-23(2)16-11-12-21-19(14-16)18-13-15(7-6-10-20(18)26-21)22-27(24,25)17-8-4-3-5-9-17;1-4-23(20,21)18-12-6-5-7-16-14(10-12)15-11-13(19(2)3)8-9-17(15)22-16/h3-13,22H,14H2,1-2H3;5-10,18H,4,11H2,1-3H3. The van der Waals surface area contributed by atoms with Gasteiger partial charge in [0, 0.05) is 86.1 Å². The molecule has 4 aliphatic carbocycles. The van der Waals surface area contributed by atoms with E-state index in [0.29, 0.717) is 11.4 Å². The van der Waals surface area contributed by atoms with Crippen LogP contribution in [0, 0.1) is 0 Å². The van der Waals surface area contributed by atoms with Crippen LogP contribution in [0.2, 0.25) is 0 Å². The SMILES string of the molecule is CCS(=O)(=O)NC1=Cc2c3c(oc2=CC=C1)=CC=C(N(C)C)C3.CN(C)C1=CC=c2oc3c(c2C1)C=C(NS(=O)(=O)c1ccccc1)C=CC=3. The second kappa shape index (κ2) is 14.0. The van der Waals surface area contributed by atoms with Gasteiger partial charge in [-0.25, -0.2) is 16.8 Å². The predicted molar refractivity (Wildman–Crippen MR) is 198 cm³/mol. The molecular weight excluding hydrogens is 673 g/mol. The molecular formula is C38H40N4O6S2. The minimum atomic E-state index is -3.65. The van der Waals surface area contributed by atoms with Crippen molar-refractivity contribution in [1.29, 1.82) is 0 Å². The van der Waals surface area contributed by atoms with Crippen LogP contribution in [0.5, 0.6) is 0 Å². The van der Waals surface area contributed by atoms with Crippen LogP contribution in [0.4, 0.5) is 0 Å². The number of furan rings is 2. The van der Waals surface area contributed by atoms with E-state index in [-0.39, 0.29) is 10.6 Å². The van der Waals surface area contributed by atoms with Gasteiger partial charge in [-0.15, -0.1) is 0 Å². The molecule has 1 aromatic carbocycles. The third-order valence-corrected chi connectivity index (χ3v) is 11.2. The lowest BCUT2D eigenvalue weighted by Gasteiger charge is -2.18. The lowest BCUT2D eigenvalue weighted by Crippen LogP contribution is -2.24. The van der Waals surface area contributed by atoms with Crippen LogP contribution in [0.25, 0.3) is 36.5 Å². The van der Waals surface area contributed by atoms with Crippen LogP contribution in [-0.2, 0) is 32.9 Å². The average molecular weight is 713 g/mol. The minimum absolute atomic E-state index is 0.0412. The molecule has 0 amide bonds. The lowest BCUT2D eigenvalue weighted by atomic mass is 10.0. The van der Waals surface area contributed by atoms with E-state index < -0.39 is 20.0 Å². The van der Waals surface area contributed by atoms with Crippen molar-refractivity contribution >= 4 is 56.5 Å². The number of nitrogens with zero attached hydrogens (tertiary/aromatic N) is 2. The van der Waals surface area contributed by atoms with Crippen LogP contribution in [0.3, 0.4) is 0 Å². The Hall–Kier alpha value is -5.20. The Bertz CT molecular complexity index is 2490. The monoisotopic (exact) mass is 712 g/mol. The van der Waals surface area contributed by atoms with Gasteiger partial charge in [-0.1, -0.05) is 30.4 Å². The maximum absolute atomic E-state index is 12.7. The van der Waals surface area contributed by atoms with Crippen molar-refractivity contribution < 1.29 is 25.7 Å². The summed E-state index contributed by atoms with van der Waals surface area (Å²) in [5, 5.41) is 0. The fraction of sp³-hybridized carbons (Fsp3) is 0.211. The molecule has 2 N–H and O–H groups in total. The first-order valence-corrected chi connectivity index (χ1v) is 19.3. The Kier molecular flexibility index (Phi) is 9.68. The van der Waals surface area contributed by atoms with Gasteiger partial charge in [-0.2, -0.15) is 0 Å². The first-order valence-electron chi connectivity index (χ1n) is 16.1. The third-order valence-electron chi connectivity index (χ3n) is 8.54. The molecule has 260 valence electrons. The second-order valence-electron chi connectivity index (χ2n) is 12.4. The smallest absolute Gasteiger partial charge is 0.261 e. The molecule has 0 spiro atoms. The Labute approximate surface area is 292 Å². The molecule has 10 nitrogen and oxygen atoms in total. The highest BCUT2D eigenvalue weighted by Gasteiger charge is 2.20. The maximum Gasteiger partial charge on any atom is 0.261 e. The zero-order chi connectivity index (χ0) is 35.6. The van der Waals surface area contributed by atoms with Crippen LogP contribution < -0.4 is 31.1 Å².